The average Bonchev–Trinajstić information content (AvgIpc) is 3.33. The highest BCUT2D eigenvalue weighted by atomic mass is 28.3. The van der Waals surface area contributed by atoms with Crippen LogP contribution in [0.25, 0.3) is 22.0 Å². The highest BCUT2D eigenvalue weighted by molar-refractivity contribution is 6.76. The predicted octanol–water partition coefficient (Wildman–Crippen LogP) is 6.84. The summed E-state index contributed by atoms with van der Waals surface area (Å²) in [6.07, 6.45) is 3.63. The van der Waals surface area contributed by atoms with E-state index in [4.69, 9.17) is 9.47 Å². The van der Waals surface area contributed by atoms with Gasteiger partial charge in [0.05, 0.1) is 18.3 Å². The van der Waals surface area contributed by atoms with Crippen LogP contribution in [0.3, 0.4) is 0 Å². The Morgan fingerprint density at radius 2 is 1.90 bits per heavy atom. The lowest BCUT2D eigenvalue weighted by Gasteiger charge is -2.22. The summed E-state index contributed by atoms with van der Waals surface area (Å²) >= 11 is 0. The maximum absolute atomic E-state index is 13.9. The highest BCUT2D eigenvalue weighted by Gasteiger charge is 2.22. The molecule has 0 atom stereocenters. The van der Waals surface area contributed by atoms with E-state index >= 15 is 0 Å². The molecule has 212 valence electrons. The molecule has 7 nitrogen and oxygen atoms in total. The number of pyridine rings is 1. The molecule has 0 aliphatic carbocycles. The molecular formula is C31H39FN4O3Si. The van der Waals surface area contributed by atoms with Gasteiger partial charge in [-0.15, -0.1) is 0 Å². The molecule has 0 aliphatic heterocycles. The minimum Gasteiger partial charge on any atom is -0.493 e. The number of aryl methyl sites for hydroxylation is 1. The molecule has 2 heterocycles. The van der Waals surface area contributed by atoms with Crippen molar-refractivity contribution in [3.63, 3.8) is 0 Å². The summed E-state index contributed by atoms with van der Waals surface area (Å²) in [6, 6.07) is 11.1. The molecule has 2 aromatic heterocycles. The fraction of sp³-hybridized carbons (Fsp3) is 0.387. The van der Waals surface area contributed by atoms with Crippen molar-refractivity contribution in [1.29, 1.82) is 0 Å². The Morgan fingerprint density at radius 1 is 1.12 bits per heavy atom. The molecule has 0 bridgehead atoms. The summed E-state index contributed by atoms with van der Waals surface area (Å²) in [6.45, 7) is 14.5. The van der Waals surface area contributed by atoms with Crippen LogP contribution in [0.15, 0.2) is 48.8 Å². The number of carbonyl (C=O) groups excluding carboxylic acids is 1. The summed E-state index contributed by atoms with van der Waals surface area (Å²) in [4.78, 5) is 19.9. The zero-order valence-corrected chi connectivity index (χ0v) is 25.5. The van der Waals surface area contributed by atoms with Gasteiger partial charge in [0.25, 0.3) is 5.91 Å². The number of hydrogen-bond donors (Lipinski definition) is 0. The van der Waals surface area contributed by atoms with Gasteiger partial charge in [-0.05, 0) is 56.6 Å². The molecule has 0 aliphatic rings. The second-order valence-corrected chi connectivity index (χ2v) is 17.0. The molecule has 0 radical (unpaired) electrons. The van der Waals surface area contributed by atoms with E-state index in [1.165, 1.54) is 12.1 Å². The largest absolute Gasteiger partial charge is 0.493 e. The lowest BCUT2D eigenvalue weighted by molar-refractivity contribution is 0.0780. The normalized spacial score (nSPS) is 11.7. The Morgan fingerprint density at radius 3 is 2.60 bits per heavy atom. The van der Waals surface area contributed by atoms with Gasteiger partial charge in [-0.2, -0.15) is 5.10 Å². The minimum absolute atomic E-state index is 0.143. The molecule has 9 heteroatoms. The van der Waals surface area contributed by atoms with Crippen molar-refractivity contribution in [2.24, 2.45) is 0 Å². The fourth-order valence-corrected chi connectivity index (χ4v) is 5.46. The van der Waals surface area contributed by atoms with Crippen molar-refractivity contribution >= 4 is 24.9 Å². The lowest BCUT2D eigenvalue weighted by Crippen LogP contribution is -2.27. The third kappa shape index (κ3) is 6.59. The molecule has 0 saturated heterocycles. The topological polar surface area (TPSA) is 69.5 Å². The Labute approximate surface area is 236 Å². The van der Waals surface area contributed by atoms with Crippen LogP contribution >= 0.6 is 0 Å². The molecule has 0 N–H and O–H groups in total. The van der Waals surface area contributed by atoms with Gasteiger partial charge in [0.2, 0.25) is 0 Å². The van der Waals surface area contributed by atoms with Crippen molar-refractivity contribution in [3.05, 3.63) is 77.0 Å². The van der Waals surface area contributed by atoms with Crippen LogP contribution in [0.4, 0.5) is 4.39 Å². The predicted molar refractivity (Wildman–Crippen MR) is 160 cm³/mol. The van der Waals surface area contributed by atoms with Crippen LogP contribution in [0, 0.1) is 19.7 Å². The van der Waals surface area contributed by atoms with Crippen molar-refractivity contribution in [2.75, 3.05) is 20.3 Å². The van der Waals surface area contributed by atoms with E-state index in [0.29, 0.717) is 48.9 Å². The zero-order valence-electron chi connectivity index (χ0n) is 24.5. The van der Waals surface area contributed by atoms with E-state index in [1.54, 1.807) is 24.1 Å². The number of aromatic nitrogens is 3. The van der Waals surface area contributed by atoms with E-state index < -0.39 is 8.07 Å². The molecule has 0 saturated carbocycles. The van der Waals surface area contributed by atoms with E-state index in [9.17, 15) is 9.18 Å². The third-order valence-electron chi connectivity index (χ3n) is 6.97. The molecule has 4 rings (SSSR count). The monoisotopic (exact) mass is 562 g/mol. The molecule has 0 spiro atoms. The summed E-state index contributed by atoms with van der Waals surface area (Å²) in [5.74, 6) is 0.118. The molecular weight excluding hydrogens is 523 g/mol. The number of fused-ring (bicyclic) bond motifs is 1. The smallest absolute Gasteiger partial charge is 0.254 e. The number of amides is 1. The van der Waals surface area contributed by atoms with Crippen LogP contribution in [-0.2, 0) is 18.0 Å². The Kier molecular flexibility index (Phi) is 9.05. The molecule has 0 fully saturated rings. The lowest BCUT2D eigenvalue weighted by atomic mass is 9.97. The average molecular weight is 563 g/mol. The van der Waals surface area contributed by atoms with Gasteiger partial charge in [0, 0.05) is 67.8 Å². The number of carbonyl (C=O) groups is 1. The second-order valence-electron chi connectivity index (χ2n) is 11.3. The van der Waals surface area contributed by atoms with Crippen molar-refractivity contribution in [3.8, 4) is 16.9 Å². The fourth-order valence-electron chi connectivity index (χ4n) is 4.71. The first kappa shape index (κ1) is 29.4. The number of rotatable bonds is 11. The summed E-state index contributed by atoms with van der Waals surface area (Å²) in [7, 11) is 0.584. The first-order valence-electron chi connectivity index (χ1n) is 13.7. The summed E-state index contributed by atoms with van der Waals surface area (Å²) in [5, 5.41) is 5.51. The molecule has 4 aromatic rings. The van der Waals surface area contributed by atoms with Gasteiger partial charge in [-0.25, -0.2) is 9.07 Å². The quantitative estimate of drug-likeness (QED) is 0.148. The standard InChI is InChI=1S/C31H39FN4O3Si/c1-8-39-30-21(2)26(12-13-27(30)23-10-9-11-25(32)16-23)31(37)35(4)19-24-17-33-22(3)28-18-34-36(29(24)28)20-38-14-15-40(5,6)7/h9-13,16-18H,8,14-15,19-20H2,1-7H3. The van der Waals surface area contributed by atoms with E-state index in [1.807, 2.05) is 50.0 Å². The van der Waals surface area contributed by atoms with E-state index in [-0.39, 0.29) is 11.7 Å². The highest BCUT2D eigenvalue weighted by Crippen LogP contribution is 2.36. The molecule has 0 unspecified atom stereocenters. The van der Waals surface area contributed by atoms with Gasteiger partial charge >= 0.3 is 0 Å². The first-order chi connectivity index (χ1) is 19.0. The molecule has 40 heavy (non-hydrogen) atoms. The van der Waals surface area contributed by atoms with Crippen LogP contribution in [0.2, 0.25) is 25.7 Å². The van der Waals surface area contributed by atoms with Crippen molar-refractivity contribution in [2.45, 2.75) is 59.7 Å². The third-order valence-corrected chi connectivity index (χ3v) is 8.68. The van der Waals surface area contributed by atoms with Gasteiger partial charge < -0.3 is 14.4 Å². The summed E-state index contributed by atoms with van der Waals surface area (Å²) < 4.78 is 27.8. The maximum atomic E-state index is 13.9. The van der Waals surface area contributed by atoms with Gasteiger partial charge in [0.15, 0.2) is 0 Å². The number of nitrogens with zero attached hydrogens (tertiary/aromatic N) is 4. The summed E-state index contributed by atoms with van der Waals surface area (Å²) in [5.41, 5.74) is 5.40. The number of halogens is 1. The van der Waals surface area contributed by atoms with Crippen molar-refractivity contribution < 1.29 is 18.7 Å². The second kappa shape index (κ2) is 12.3. The van der Waals surface area contributed by atoms with Crippen LogP contribution in [-0.4, -0.2) is 53.9 Å². The number of ether oxygens (including phenoxy) is 2. The maximum Gasteiger partial charge on any atom is 0.254 e. The van der Waals surface area contributed by atoms with Crippen molar-refractivity contribution in [1.82, 2.24) is 19.7 Å². The van der Waals surface area contributed by atoms with E-state index in [0.717, 1.165) is 33.8 Å². The molecule has 1 amide bonds. The van der Waals surface area contributed by atoms with Crippen LogP contribution in [0.1, 0.15) is 34.1 Å². The Balaban J connectivity index is 1.60. The Hall–Kier alpha value is -3.56. The number of benzene rings is 2. The zero-order chi connectivity index (χ0) is 29.0. The van der Waals surface area contributed by atoms with Gasteiger partial charge in [0.1, 0.15) is 18.3 Å². The minimum atomic E-state index is -1.19. The van der Waals surface area contributed by atoms with Crippen LogP contribution in [0.5, 0.6) is 5.75 Å². The van der Waals surface area contributed by atoms with Crippen LogP contribution < -0.4 is 4.74 Å². The van der Waals surface area contributed by atoms with Gasteiger partial charge in [-0.3, -0.25) is 9.78 Å². The number of hydrogen-bond acceptors (Lipinski definition) is 5. The Bertz CT molecular complexity index is 1510. The SMILES string of the molecule is CCOc1c(-c2cccc(F)c2)ccc(C(=O)N(C)Cc2cnc(C)c3cnn(COCC[Si](C)(C)C)c23)c1C. The molecule has 2 aromatic carbocycles. The van der Waals surface area contributed by atoms with Gasteiger partial charge in [-0.1, -0.05) is 31.8 Å². The van der Waals surface area contributed by atoms with E-state index in [2.05, 4.69) is 29.7 Å². The first-order valence-corrected chi connectivity index (χ1v) is 17.4.